The van der Waals surface area contributed by atoms with Crippen molar-refractivity contribution in [1.82, 2.24) is 18.8 Å². The SMILES string of the molecule is Cc1ccc(C(=O)N(CCC2OCCO2)C(c2nc3snc(C)c3c(=O)n2Cc2ccccc2)C(C)C)cc1F. The second-order valence-electron chi connectivity index (χ2n) is 10.4. The second-order valence-corrected chi connectivity index (χ2v) is 11.2. The number of nitrogens with zero attached hydrogens (tertiary/aromatic N) is 4. The van der Waals surface area contributed by atoms with Crippen LogP contribution in [0, 0.1) is 25.6 Å². The molecule has 210 valence electrons. The van der Waals surface area contributed by atoms with Gasteiger partial charge in [-0.2, -0.15) is 4.37 Å². The maximum absolute atomic E-state index is 14.6. The molecule has 40 heavy (non-hydrogen) atoms. The largest absolute Gasteiger partial charge is 0.350 e. The average molecular weight is 565 g/mol. The monoisotopic (exact) mass is 564 g/mol. The number of benzene rings is 2. The van der Waals surface area contributed by atoms with E-state index in [0.29, 0.717) is 46.9 Å². The van der Waals surface area contributed by atoms with E-state index in [1.165, 1.54) is 17.6 Å². The number of carbonyl (C=O) groups is 1. The van der Waals surface area contributed by atoms with E-state index in [1.54, 1.807) is 35.4 Å². The van der Waals surface area contributed by atoms with Gasteiger partial charge >= 0.3 is 0 Å². The molecule has 0 bridgehead atoms. The third-order valence-corrected chi connectivity index (χ3v) is 8.02. The molecule has 10 heteroatoms. The molecule has 1 aliphatic rings. The third-order valence-electron chi connectivity index (χ3n) is 7.19. The van der Waals surface area contributed by atoms with Crippen molar-refractivity contribution in [3.05, 3.63) is 92.9 Å². The molecular formula is C30H33FN4O4S. The number of ether oxygens (including phenoxy) is 2. The molecule has 0 N–H and O–H groups in total. The summed E-state index contributed by atoms with van der Waals surface area (Å²) in [7, 11) is 0. The van der Waals surface area contributed by atoms with E-state index in [-0.39, 0.29) is 36.0 Å². The van der Waals surface area contributed by atoms with Crippen molar-refractivity contribution in [2.24, 2.45) is 5.92 Å². The molecule has 5 rings (SSSR count). The van der Waals surface area contributed by atoms with Crippen LogP contribution in [0.3, 0.4) is 0 Å². The summed E-state index contributed by atoms with van der Waals surface area (Å²) in [6.07, 6.45) is -0.0160. The summed E-state index contributed by atoms with van der Waals surface area (Å²) in [4.78, 5) is 35.3. The number of carbonyl (C=O) groups excluding carboxylic acids is 1. The van der Waals surface area contributed by atoms with Crippen molar-refractivity contribution in [3.63, 3.8) is 0 Å². The smallest absolute Gasteiger partial charge is 0.264 e. The van der Waals surface area contributed by atoms with Crippen molar-refractivity contribution < 1.29 is 18.7 Å². The second kappa shape index (κ2) is 12.0. The number of amides is 1. The van der Waals surface area contributed by atoms with Crippen molar-refractivity contribution >= 4 is 27.7 Å². The first-order valence-electron chi connectivity index (χ1n) is 13.5. The lowest BCUT2D eigenvalue weighted by atomic mass is 9.98. The van der Waals surface area contributed by atoms with Gasteiger partial charge < -0.3 is 14.4 Å². The van der Waals surface area contributed by atoms with Crippen LogP contribution >= 0.6 is 11.5 Å². The highest BCUT2D eigenvalue weighted by molar-refractivity contribution is 7.12. The van der Waals surface area contributed by atoms with E-state index < -0.39 is 18.1 Å². The minimum Gasteiger partial charge on any atom is -0.350 e. The van der Waals surface area contributed by atoms with E-state index in [2.05, 4.69) is 4.37 Å². The molecule has 1 unspecified atom stereocenters. The number of aryl methyl sites for hydroxylation is 2. The molecule has 4 aromatic rings. The first kappa shape index (κ1) is 28.1. The van der Waals surface area contributed by atoms with Gasteiger partial charge in [0.05, 0.1) is 36.9 Å². The quantitative estimate of drug-likeness (QED) is 0.276. The topological polar surface area (TPSA) is 86.6 Å². The van der Waals surface area contributed by atoms with Crippen LogP contribution in [-0.4, -0.2) is 50.8 Å². The Morgan fingerprint density at radius 2 is 1.88 bits per heavy atom. The van der Waals surface area contributed by atoms with Crippen molar-refractivity contribution in [3.8, 4) is 0 Å². The van der Waals surface area contributed by atoms with Crippen molar-refractivity contribution in [1.29, 1.82) is 0 Å². The van der Waals surface area contributed by atoms with E-state index in [4.69, 9.17) is 14.5 Å². The van der Waals surface area contributed by atoms with Crippen molar-refractivity contribution in [2.45, 2.75) is 53.0 Å². The Balaban J connectivity index is 1.65. The number of hydrogen-bond acceptors (Lipinski definition) is 7. The molecule has 1 aliphatic heterocycles. The summed E-state index contributed by atoms with van der Waals surface area (Å²) in [6, 6.07) is 13.6. The normalized spacial score (nSPS) is 14.8. The maximum atomic E-state index is 14.6. The van der Waals surface area contributed by atoms with Crippen LogP contribution in [0.15, 0.2) is 53.3 Å². The fourth-order valence-corrected chi connectivity index (χ4v) is 5.88. The molecule has 0 radical (unpaired) electrons. The lowest BCUT2D eigenvalue weighted by Crippen LogP contribution is -2.42. The van der Waals surface area contributed by atoms with Crippen LogP contribution in [-0.2, 0) is 16.0 Å². The summed E-state index contributed by atoms with van der Waals surface area (Å²) in [5.74, 6) is -0.467. The number of halogens is 1. The zero-order valence-corrected chi connectivity index (χ0v) is 23.9. The Bertz CT molecular complexity index is 1560. The minimum absolute atomic E-state index is 0.134. The summed E-state index contributed by atoms with van der Waals surface area (Å²) >= 11 is 1.17. The Morgan fingerprint density at radius 3 is 2.55 bits per heavy atom. The first-order chi connectivity index (χ1) is 19.2. The van der Waals surface area contributed by atoms with Crippen LogP contribution < -0.4 is 5.56 Å². The first-order valence-corrected chi connectivity index (χ1v) is 14.2. The molecule has 1 saturated heterocycles. The average Bonchev–Trinajstić information content (AvgIpc) is 3.59. The summed E-state index contributed by atoms with van der Waals surface area (Å²) in [5, 5.41) is 0.485. The third kappa shape index (κ3) is 5.70. The Kier molecular flexibility index (Phi) is 8.39. The highest BCUT2D eigenvalue weighted by atomic mass is 32.1. The lowest BCUT2D eigenvalue weighted by molar-refractivity contribution is -0.0528. The van der Waals surface area contributed by atoms with Gasteiger partial charge in [-0.15, -0.1) is 0 Å². The summed E-state index contributed by atoms with van der Waals surface area (Å²) < 4.78 is 31.9. The van der Waals surface area contributed by atoms with Gasteiger partial charge in [-0.25, -0.2) is 9.37 Å². The van der Waals surface area contributed by atoms with Crippen molar-refractivity contribution in [2.75, 3.05) is 19.8 Å². The number of rotatable bonds is 9. The molecular weight excluding hydrogens is 531 g/mol. The molecule has 3 heterocycles. The predicted octanol–water partition coefficient (Wildman–Crippen LogP) is 5.26. The molecule has 0 aliphatic carbocycles. The van der Waals surface area contributed by atoms with Gasteiger partial charge in [-0.05, 0) is 54.6 Å². The fourth-order valence-electron chi connectivity index (χ4n) is 5.10. The van der Waals surface area contributed by atoms with Gasteiger partial charge in [-0.1, -0.05) is 50.2 Å². The van der Waals surface area contributed by atoms with Crippen LogP contribution in [0.1, 0.15) is 59.3 Å². The van der Waals surface area contributed by atoms with E-state index >= 15 is 0 Å². The molecule has 8 nitrogen and oxygen atoms in total. The zero-order chi connectivity index (χ0) is 28.4. The molecule has 1 fully saturated rings. The standard InChI is InChI=1S/C30H33FN4O4S/c1-18(2)26(34(13-12-24-38-14-15-39-24)29(36)22-11-10-19(3)23(31)16-22)27-32-28-25(20(4)33-40-28)30(37)35(27)17-21-8-6-5-7-9-21/h5-11,16,18,24,26H,12-15,17H2,1-4H3. The summed E-state index contributed by atoms with van der Waals surface area (Å²) in [5.41, 5.74) is 2.05. The fraction of sp³-hybridized carbons (Fsp3) is 0.400. The number of fused-ring (bicyclic) bond motifs is 1. The van der Waals surface area contributed by atoms with Gasteiger partial charge in [0.25, 0.3) is 11.5 Å². The van der Waals surface area contributed by atoms with Gasteiger partial charge in [0.15, 0.2) is 11.1 Å². The predicted molar refractivity (Wildman–Crippen MR) is 152 cm³/mol. The Hall–Kier alpha value is -3.47. The van der Waals surface area contributed by atoms with Gasteiger partial charge in [0.1, 0.15) is 11.6 Å². The number of aromatic nitrogens is 3. The Morgan fingerprint density at radius 1 is 1.15 bits per heavy atom. The molecule has 1 atom stereocenters. The molecule has 2 aromatic heterocycles. The van der Waals surface area contributed by atoms with Gasteiger partial charge in [0, 0.05) is 18.5 Å². The van der Waals surface area contributed by atoms with E-state index in [1.807, 2.05) is 44.2 Å². The molecule has 2 aromatic carbocycles. The highest BCUT2D eigenvalue weighted by Crippen LogP contribution is 2.32. The lowest BCUT2D eigenvalue weighted by Gasteiger charge is -2.36. The molecule has 1 amide bonds. The maximum Gasteiger partial charge on any atom is 0.264 e. The minimum atomic E-state index is -0.596. The van der Waals surface area contributed by atoms with Crippen LogP contribution in [0.25, 0.3) is 10.2 Å². The Labute approximate surface area is 236 Å². The highest BCUT2D eigenvalue weighted by Gasteiger charge is 2.34. The van der Waals surface area contributed by atoms with Gasteiger partial charge in [-0.3, -0.25) is 14.2 Å². The van der Waals surface area contributed by atoms with Gasteiger partial charge in [0.2, 0.25) is 0 Å². The zero-order valence-electron chi connectivity index (χ0n) is 23.1. The molecule has 0 saturated carbocycles. The van der Waals surface area contributed by atoms with Crippen LogP contribution in [0.4, 0.5) is 4.39 Å². The summed E-state index contributed by atoms with van der Waals surface area (Å²) in [6.45, 7) is 8.98. The molecule has 0 spiro atoms. The van der Waals surface area contributed by atoms with Crippen LogP contribution in [0.5, 0.6) is 0 Å². The van der Waals surface area contributed by atoms with E-state index in [9.17, 15) is 14.0 Å². The van der Waals surface area contributed by atoms with E-state index in [0.717, 1.165) is 5.56 Å². The van der Waals surface area contributed by atoms with Crippen LogP contribution in [0.2, 0.25) is 0 Å². The number of hydrogen-bond donors (Lipinski definition) is 0.